The molecule has 126 valence electrons. The lowest BCUT2D eigenvalue weighted by Crippen LogP contribution is -2.29. The molecule has 0 aromatic rings. The second kappa shape index (κ2) is 9.41. The van der Waals surface area contributed by atoms with E-state index in [0.29, 0.717) is 12.5 Å². The number of ether oxygens (including phenoxy) is 1. The van der Waals surface area contributed by atoms with E-state index in [0.717, 1.165) is 25.8 Å². The molecule has 0 bridgehead atoms. The van der Waals surface area contributed by atoms with E-state index in [1.807, 2.05) is 0 Å². The Kier molecular flexibility index (Phi) is 9.13. The lowest BCUT2D eigenvalue weighted by molar-refractivity contribution is -0.151. The van der Waals surface area contributed by atoms with Gasteiger partial charge in [0.2, 0.25) is 0 Å². The Bertz CT molecular complexity index is 398. The summed E-state index contributed by atoms with van der Waals surface area (Å²) in [5.74, 6) is -1.14. The molecule has 0 aliphatic rings. The summed E-state index contributed by atoms with van der Waals surface area (Å²) in [5.41, 5.74) is -0.646. The predicted molar refractivity (Wildman–Crippen MR) is 86.1 cm³/mol. The summed E-state index contributed by atoms with van der Waals surface area (Å²) in [6.07, 6.45) is 3.46. The second-order valence-corrected chi connectivity index (χ2v) is 8.71. The summed E-state index contributed by atoms with van der Waals surface area (Å²) in [5, 5.41) is 3.36. The van der Waals surface area contributed by atoms with Crippen LogP contribution in [0.3, 0.4) is 0 Å². The number of carbonyl (C=O) groups excluding carboxylic acids is 1. The van der Waals surface area contributed by atoms with Crippen molar-refractivity contribution in [1.82, 2.24) is 5.32 Å². The van der Waals surface area contributed by atoms with Crippen molar-refractivity contribution in [2.24, 2.45) is 0 Å². The quantitative estimate of drug-likeness (QED) is 0.494. The van der Waals surface area contributed by atoms with Crippen LogP contribution in [0.2, 0.25) is 0 Å². The lowest BCUT2D eigenvalue weighted by atomic mass is 10.1. The molecule has 0 heterocycles. The average molecular weight is 321 g/mol. The summed E-state index contributed by atoms with van der Waals surface area (Å²) in [6.45, 7) is 10.4. The largest absolute Gasteiger partial charge is 0.459 e. The van der Waals surface area contributed by atoms with Gasteiger partial charge < -0.3 is 10.1 Å². The van der Waals surface area contributed by atoms with Crippen LogP contribution in [0.25, 0.3) is 0 Å². The average Bonchev–Trinajstić information content (AvgIpc) is 2.28. The van der Waals surface area contributed by atoms with Crippen LogP contribution >= 0.6 is 0 Å². The molecule has 1 atom stereocenters. The van der Waals surface area contributed by atoms with Gasteiger partial charge in [0.15, 0.2) is 9.84 Å². The van der Waals surface area contributed by atoms with Crippen LogP contribution in [0.4, 0.5) is 0 Å². The first-order valence-electron chi connectivity index (χ1n) is 7.71. The van der Waals surface area contributed by atoms with Gasteiger partial charge in [0.05, 0.1) is 5.75 Å². The Morgan fingerprint density at radius 2 is 1.86 bits per heavy atom. The second-order valence-electron chi connectivity index (χ2n) is 6.53. The maximum absolute atomic E-state index is 11.8. The summed E-state index contributed by atoms with van der Waals surface area (Å²) < 4.78 is 28.7. The summed E-state index contributed by atoms with van der Waals surface area (Å²) in [6, 6.07) is 0.401. The van der Waals surface area contributed by atoms with Gasteiger partial charge in [-0.05, 0) is 53.5 Å². The first-order valence-corrected chi connectivity index (χ1v) is 9.53. The minimum atomic E-state index is -3.36. The molecule has 21 heavy (non-hydrogen) atoms. The fourth-order valence-electron chi connectivity index (χ4n) is 1.89. The number of nitrogens with one attached hydrogen (secondary N) is 1. The number of sulfone groups is 1. The number of hydrogen-bond acceptors (Lipinski definition) is 5. The van der Waals surface area contributed by atoms with Crippen molar-refractivity contribution < 1.29 is 17.9 Å². The molecule has 5 nitrogen and oxygen atoms in total. The minimum absolute atomic E-state index is 0.0484. The maximum Gasteiger partial charge on any atom is 0.321 e. The third kappa shape index (κ3) is 12.8. The first kappa shape index (κ1) is 20.4. The van der Waals surface area contributed by atoms with Crippen LogP contribution in [0.15, 0.2) is 0 Å². The molecule has 0 saturated heterocycles. The Hall–Kier alpha value is -0.620. The fourth-order valence-corrected chi connectivity index (χ4v) is 3.09. The molecule has 0 radical (unpaired) electrons. The van der Waals surface area contributed by atoms with Crippen molar-refractivity contribution in [3.63, 3.8) is 0 Å². The Morgan fingerprint density at radius 3 is 2.38 bits per heavy atom. The molecular formula is C15H31NO4S. The highest BCUT2D eigenvalue weighted by Crippen LogP contribution is 2.09. The topological polar surface area (TPSA) is 72.5 Å². The normalized spacial score (nSPS) is 14.0. The highest BCUT2D eigenvalue weighted by atomic mass is 32.2. The molecule has 0 saturated carbocycles. The molecule has 0 rings (SSSR count). The zero-order chi connectivity index (χ0) is 16.5. The Balaban J connectivity index is 3.96. The molecule has 1 unspecified atom stereocenters. The van der Waals surface area contributed by atoms with Gasteiger partial charge in [-0.15, -0.1) is 0 Å². The van der Waals surface area contributed by atoms with Crippen molar-refractivity contribution in [2.75, 3.05) is 18.1 Å². The van der Waals surface area contributed by atoms with E-state index in [2.05, 4.69) is 19.2 Å². The molecule has 0 fully saturated rings. The van der Waals surface area contributed by atoms with E-state index in [1.54, 1.807) is 20.8 Å². The van der Waals surface area contributed by atoms with E-state index >= 15 is 0 Å². The SMILES string of the molecule is CCCNC(C)CCCCS(=O)(=O)CC(=O)OC(C)(C)C. The molecule has 0 amide bonds. The smallest absolute Gasteiger partial charge is 0.321 e. The molecular weight excluding hydrogens is 290 g/mol. The minimum Gasteiger partial charge on any atom is -0.459 e. The van der Waals surface area contributed by atoms with Crippen LogP contribution in [-0.2, 0) is 19.4 Å². The molecule has 0 aromatic carbocycles. The van der Waals surface area contributed by atoms with E-state index in [1.165, 1.54) is 0 Å². The van der Waals surface area contributed by atoms with Gasteiger partial charge >= 0.3 is 5.97 Å². The zero-order valence-electron chi connectivity index (χ0n) is 14.1. The van der Waals surface area contributed by atoms with Gasteiger partial charge in [0.1, 0.15) is 11.4 Å². The van der Waals surface area contributed by atoms with Crippen molar-refractivity contribution in [1.29, 1.82) is 0 Å². The van der Waals surface area contributed by atoms with Crippen molar-refractivity contribution in [3.05, 3.63) is 0 Å². The van der Waals surface area contributed by atoms with E-state index < -0.39 is 27.2 Å². The van der Waals surface area contributed by atoms with Gasteiger partial charge in [-0.25, -0.2) is 8.42 Å². The van der Waals surface area contributed by atoms with Crippen LogP contribution in [-0.4, -0.2) is 44.1 Å². The zero-order valence-corrected chi connectivity index (χ0v) is 14.9. The van der Waals surface area contributed by atoms with Gasteiger partial charge in [-0.2, -0.15) is 0 Å². The predicted octanol–water partition coefficient (Wildman–Crippen LogP) is 2.30. The summed E-state index contributed by atoms with van der Waals surface area (Å²) >= 11 is 0. The molecule has 0 spiro atoms. The highest BCUT2D eigenvalue weighted by Gasteiger charge is 2.22. The number of rotatable bonds is 10. The maximum atomic E-state index is 11.8. The van der Waals surface area contributed by atoms with Crippen LogP contribution in [0, 0.1) is 0 Å². The van der Waals surface area contributed by atoms with Gasteiger partial charge in [0, 0.05) is 6.04 Å². The summed E-state index contributed by atoms with van der Waals surface area (Å²) in [7, 11) is -3.36. The molecule has 0 aliphatic heterocycles. The van der Waals surface area contributed by atoms with E-state index in [-0.39, 0.29) is 5.75 Å². The lowest BCUT2D eigenvalue weighted by Gasteiger charge is -2.19. The Labute approximate surface area is 129 Å². The van der Waals surface area contributed by atoms with Gasteiger partial charge in [-0.1, -0.05) is 13.3 Å². The standard InChI is InChI=1S/C15H31NO4S/c1-6-10-16-13(2)9-7-8-11-21(18,19)12-14(17)20-15(3,4)5/h13,16H,6-12H2,1-5H3. The van der Waals surface area contributed by atoms with Crippen molar-refractivity contribution >= 4 is 15.8 Å². The molecule has 6 heteroatoms. The van der Waals surface area contributed by atoms with E-state index in [4.69, 9.17) is 4.74 Å². The third-order valence-corrected chi connectivity index (χ3v) is 4.43. The van der Waals surface area contributed by atoms with Crippen LogP contribution in [0.1, 0.15) is 60.3 Å². The van der Waals surface area contributed by atoms with Crippen molar-refractivity contribution in [3.8, 4) is 0 Å². The number of hydrogen-bond donors (Lipinski definition) is 1. The fraction of sp³-hybridized carbons (Fsp3) is 0.933. The van der Waals surface area contributed by atoms with Gasteiger partial charge in [0.25, 0.3) is 0 Å². The van der Waals surface area contributed by atoms with E-state index in [9.17, 15) is 13.2 Å². The molecule has 0 aromatic heterocycles. The summed E-state index contributed by atoms with van der Waals surface area (Å²) in [4.78, 5) is 11.5. The van der Waals surface area contributed by atoms with Gasteiger partial charge in [-0.3, -0.25) is 4.79 Å². The number of unbranched alkanes of at least 4 members (excludes halogenated alkanes) is 1. The molecule has 1 N–H and O–H groups in total. The number of carbonyl (C=O) groups is 1. The number of esters is 1. The molecule has 0 aliphatic carbocycles. The Morgan fingerprint density at radius 1 is 1.24 bits per heavy atom. The van der Waals surface area contributed by atoms with Crippen LogP contribution in [0.5, 0.6) is 0 Å². The third-order valence-electron chi connectivity index (χ3n) is 2.84. The highest BCUT2D eigenvalue weighted by molar-refractivity contribution is 7.92. The monoisotopic (exact) mass is 321 g/mol. The first-order chi connectivity index (χ1) is 9.56. The van der Waals surface area contributed by atoms with Crippen LogP contribution < -0.4 is 5.32 Å². The van der Waals surface area contributed by atoms with Crippen molar-refractivity contribution in [2.45, 2.75) is 71.9 Å².